The van der Waals surface area contributed by atoms with Gasteiger partial charge >= 0.3 is 11.9 Å². The number of hydrogen-bond acceptors (Lipinski definition) is 4. The number of hydrogen-bond donors (Lipinski definition) is 2. The molecule has 0 atom stereocenters. The molecule has 0 aliphatic carbocycles. The van der Waals surface area contributed by atoms with Gasteiger partial charge in [-0.05, 0) is 42.5 Å². The highest BCUT2D eigenvalue weighted by molar-refractivity contribution is 5.88. The van der Waals surface area contributed by atoms with E-state index in [0.29, 0.717) is 19.0 Å². The molecule has 0 spiro atoms. The first-order chi connectivity index (χ1) is 10.5. The third-order valence-electron chi connectivity index (χ3n) is 3.52. The van der Waals surface area contributed by atoms with E-state index < -0.39 is 11.9 Å². The lowest BCUT2D eigenvalue weighted by Gasteiger charge is -2.31. The van der Waals surface area contributed by atoms with Crippen molar-refractivity contribution in [2.24, 2.45) is 0 Å². The number of fused-ring (bicyclic) bond motifs is 1. The van der Waals surface area contributed by atoms with E-state index in [1.807, 2.05) is 4.90 Å². The van der Waals surface area contributed by atoms with Crippen molar-refractivity contribution in [3.63, 3.8) is 0 Å². The van der Waals surface area contributed by atoms with Crippen LogP contribution in [0.5, 0.6) is 5.75 Å². The summed E-state index contributed by atoms with van der Waals surface area (Å²) in [5, 5.41) is 17.9. The number of aromatic carboxylic acids is 2. The molecule has 22 heavy (non-hydrogen) atoms. The fourth-order valence-electron chi connectivity index (χ4n) is 2.36. The minimum Gasteiger partial charge on any atom is -0.478 e. The molecule has 0 saturated carbocycles. The Bertz CT molecular complexity index is 739. The van der Waals surface area contributed by atoms with Gasteiger partial charge in [-0.15, -0.1) is 0 Å². The summed E-state index contributed by atoms with van der Waals surface area (Å²) in [5.41, 5.74) is 2.03. The predicted molar refractivity (Wildman–Crippen MR) is 78.5 cm³/mol. The van der Waals surface area contributed by atoms with Crippen molar-refractivity contribution in [2.45, 2.75) is 6.54 Å². The molecule has 0 fully saturated rings. The Morgan fingerprint density at radius 2 is 1.59 bits per heavy atom. The molecule has 0 unspecified atom stereocenters. The van der Waals surface area contributed by atoms with Crippen LogP contribution in [0.25, 0.3) is 0 Å². The van der Waals surface area contributed by atoms with Crippen LogP contribution in [-0.4, -0.2) is 28.9 Å². The Hall–Kier alpha value is -3.02. The zero-order chi connectivity index (χ0) is 15.7. The summed E-state index contributed by atoms with van der Waals surface area (Å²) < 4.78 is 5.62. The van der Waals surface area contributed by atoms with E-state index in [0.717, 1.165) is 11.3 Å². The van der Waals surface area contributed by atoms with Gasteiger partial charge in [-0.25, -0.2) is 9.59 Å². The van der Waals surface area contributed by atoms with E-state index in [1.54, 1.807) is 24.3 Å². The molecular weight excluding hydrogens is 286 g/mol. The molecule has 0 saturated heterocycles. The molecule has 0 radical (unpaired) electrons. The second kappa shape index (κ2) is 5.40. The number of carbonyl (C=O) groups is 2. The summed E-state index contributed by atoms with van der Waals surface area (Å²) in [6.45, 7) is 0.828. The van der Waals surface area contributed by atoms with E-state index in [4.69, 9.17) is 14.9 Å². The van der Waals surface area contributed by atoms with Gasteiger partial charge in [-0.2, -0.15) is 0 Å². The summed E-state index contributed by atoms with van der Waals surface area (Å²) in [4.78, 5) is 23.8. The highest BCUT2D eigenvalue weighted by Crippen LogP contribution is 2.29. The van der Waals surface area contributed by atoms with Gasteiger partial charge in [0.2, 0.25) is 0 Å². The van der Waals surface area contributed by atoms with E-state index in [9.17, 15) is 9.59 Å². The largest absolute Gasteiger partial charge is 0.478 e. The van der Waals surface area contributed by atoms with Gasteiger partial charge in [0.1, 0.15) is 5.75 Å². The fraction of sp³-hybridized carbons (Fsp3) is 0.125. The van der Waals surface area contributed by atoms with Crippen LogP contribution in [0, 0.1) is 0 Å². The summed E-state index contributed by atoms with van der Waals surface area (Å²) in [5.74, 6) is -1.29. The molecule has 2 aromatic rings. The van der Waals surface area contributed by atoms with Crippen LogP contribution in [0.15, 0.2) is 42.5 Å². The number of ether oxygens (including phenoxy) is 1. The first-order valence-electron chi connectivity index (χ1n) is 6.62. The maximum Gasteiger partial charge on any atom is 0.335 e. The molecule has 3 rings (SSSR count). The fourth-order valence-corrected chi connectivity index (χ4v) is 2.36. The van der Waals surface area contributed by atoms with Crippen molar-refractivity contribution in [3.8, 4) is 5.75 Å². The topological polar surface area (TPSA) is 87.1 Å². The van der Waals surface area contributed by atoms with E-state index in [-0.39, 0.29) is 11.1 Å². The standard InChI is InChI=1S/C16H13NO5/c18-15(19)10-1-4-13(5-2-10)17-8-12-7-11(16(20)21)3-6-14(12)22-9-17/h1-7H,8-9H2,(H,18,19)(H,20,21). The normalized spacial score (nSPS) is 13.2. The van der Waals surface area contributed by atoms with Gasteiger partial charge in [-0.1, -0.05) is 0 Å². The maximum atomic E-state index is 11.0. The first kappa shape index (κ1) is 13.9. The molecule has 2 N–H and O–H groups in total. The maximum absolute atomic E-state index is 11.0. The predicted octanol–water partition coefficient (Wildman–Crippen LogP) is 2.44. The molecule has 0 aromatic heterocycles. The van der Waals surface area contributed by atoms with E-state index in [2.05, 4.69) is 0 Å². The minimum absolute atomic E-state index is 0.213. The van der Waals surface area contributed by atoms with Crippen molar-refractivity contribution in [3.05, 3.63) is 59.2 Å². The van der Waals surface area contributed by atoms with Crippen molar-refractivity contribution >= 4 is 17.6 Å². The lowest BCUT2D eigenvalue weighted by Crippen LogP contribution is -2.32. The molecule has 6 nitrogen and oxygen atoms in total. The Morgan fingerprint density at radius 1 is 0.955 bits per heavy atom. The average Bonchev–Trinajstić information content (AvgIpc) is 2.53. The quantitative estimate of drug-likeness (QED) is 0.905. The van der Waals surface area contributed by atoms with Crippen LogP contribution in [0.3, 0.4) is 0 Å². The molecule has 112 valence electrons. The van der Waals surface area contributed by atoms with Gasteiger partial charge in [0.15, 0.2) is 6.73 Å². The summed E-state index contributed by atoms with van der Waals surface area (Å²) in [6, 6.07) is 11.2. The van der Waals surface area contributed by atoms with Gasteiger partial charge in [0.25, 0.3) is 0 Å². The van der Waals surface area contributed by atoms with Crippen molar-refractivity contribution in [1.82, 2.24) is 0 Å². The minimum atomic E-state index is -0.981. The van der Waals surface area contributed by atoms with Gasteiger partial charge in [0.05, 0.1) is 11.1 Å². The molecule has 1 aliphatic heterocycles. The Labute approximate surface area is 126 Å². The second-order valence-corrected chi connectivity index (χ2v) is 4.95. The summed E-state index contributed by atoms with van der Waals surface area (Å²) in [6.07, 6.45) is 0. The van der Waals surface area contributed by atoms with Crippen LogP contribution in [0.4, 0.5) is 5.69 Å². The van der Waals surface area contributed by atoms with Crippen LogP contribution in [0.2, 0.25) is 0 Å². The first-order valence-corrected chi connectivity index (χ1v) is 6.62. The molecule has 2 aromatic carbocycles. The number of rotatable bonds is 3. The third-order valence-corrected chi connectivity index (χ3v) is 3.52. The third kappa shape index (κ3) is 2.58. The molecular formula is C16H13NO5. The Morgan fingerprint density at radius 3 is 2.23 bits per heavy atom. The SMILES string of the molecule is O=C(O)c1ccc(N2COc3ccc(C(=O)O)cc3C2)cc1. The molecule has 0 bridgehead atoms. The number of nitrogens with zero attached hydrogens (tertiary/aromatic N) is 1. The Balaban J connectivity index is 1.85. The van der Waals surface area contributed by atoms with Crippen LogP contribution in [-0.2, 0) is 6.54 Å². The average molecular weight is 299 g/mol. The van der Waals surface area contributed by atoms with Crippen LogP contribution in [0.1, 0.15) is 26.3 Å². The summed E-state index contributed by atoms with van der Waals surface area (Å²) in [7, 11) is 0. The van der Waals surface area contributed by atoms with E-state index in [1.165, 1.54) is 18.2 Å². The van der Waals surface area contributed by atoms with Gasteiger partial charge in [0, 0.05) is 17.8 Å². The molecule has 6 heteroatoms. The number of anilines is 1. The number of benzene rings is 2. The van der Waals surface area contributed by atoms with Crippen molar-refractivity contribution < 1.29 is 24.5 Å². The Kier molecular flexibility index (Phi) is 3.42. The molecule has 0 amide bonds. The van der Waals surface area contributed by atoms with E-state index >= 15 is 0 Å². The van der Waals surface area contributed by atoms with Crippen molar-refractivity contribution in [1.29, 1.82) is 0 Å². The lowest BCUT2D eigenvalue weighted by molar-refractivity contribution is 0.0686. The highest BCUT2D eigenvalue weighted by atomic mass is 16.5. The highest BCUT2D eigenvalue weighted by Gasteiger charge is 2.19. The summed E-state index contributed by atoms with van der Waals surface area (Å²) >= 11 is 0. The lowest BCUT2D eigenvalue weighted by atomic mass is 10.1. The zero-order valence-electron chi connectivity index (χ0n) is 11.5. The number of carboxylic acid groups (broad SMARTS) is 2. The van der Waals surface area contributed by atoms with Crippen LogP contribution < -0.4 is 9.64 Å². The smallest absolute Gasteiger partial charge is 0.335 e. The van der Waals surface area contributed by atoms with Gasteiger partial charge in [-0.3, -0.25) is 0 Å². The second-order valence-electron chi connectivity index (χ2n) is 4.95. The number of carboxylic acids is 2. The molecule has 1 heterocycles. The van der Waals surface area contributed by atoms with Crippen LogP contribution >= 0.6 is 0 Å². The monoisotopic (exact) mass is 299 g/mol. The zero-order valence-corrected chi connectivity index (χ0v) is 11.5. The van der Waals surface area contributed by atoms with Crippen molar-refractivity contribution in [2.75, 3.05) is 11.6 Å². The van der Waals surface area contributed by atoms with Gasteiger partial charge < -0.3 is 19.8 Å². The molecule has 1 aliphatic rings.